The minimum atomic E-state index is -1.11. The summed E-state index contributed by atoms with van der Waals surface area (Å²) in [7, 11) is 0. The molecule has 3 rings (SSSR count). The Kier molecular flexibility index (Phi) is 3.70. The lowest BCUT2D eigenvalue weighted by Crippen LogP contribution is -2.30. The number of amides is 1. The van der Waals surface area contributed by atoms with E-state index in [0.717, 1.165) is 29.7 Å². The average Bonchev–Trinajstić information content (AvgIpc) is 2.87. The molecule has 0 aliphatic carbocycles. The summed E-state index contributed by atoms with van der Waals surface area (Å²) in [6, 6.07) is 8.11. The molecule has 1 aliphatic heterocycles. The molecule has 1 aromatic carbocycles. The summed E-state index contributed by atoms with van der Waals surface area (Å²) in [6.07, 6.45) is 1.86. The number of carboxylic acid groups (broad SMARTS) is 1. The Morgan fingerprint density at radius 2 is 2.00 bits per heavy atom. The van der Waals surface area contributed by atoms with Crippen LogP contribution in [0.25, 0.3) is 0 Å². The summed E-state index contributed by atoms with van der Waals surface area (Å²) in [6.45, 7) is 1.21. The molecule has 0 atom stereocenters. The summed E-state index contributed by atoms with van der Waals surface area (Å²) in [5, 5.41) is 10.5. The van der Waals surface area contributed by atoms with E-state index in [1.807, 2.05) is 18.2 Å². The lowest BCUT2D eigenvalue weighted by molar-refractivity contribution is 0.0691. The Morgan fingerprint density at radius 3 is 2.71 bits per heavy atom. The van der Waals surface area contributed by atoms with Crippen molar-refractivity contribution in [1.29, 1.82) is 0 Å². The minimum absolute atomic E-state index is 0.0708. The number of rotatable bonds is 2. The van der Waals surface area contributed by atoms with Gasteiger partial charge >= 0.3 is 5.97 Å². The van der Waals surface area contributed by atoms with Crippen LogP contribution in [0.5, 0.6) is 0 Å². The standard InChI is InChI=1S/C15H14N2O3S/c18-14(13-16-12(9-21-13)15(19)20)17-7-3-6-10-4-1-2-5-11(10)8-17/h1-2,4-5,9H,3,6-8H2,(H,19,20). The van der Waals surface area contributed by atoms with Crippen LogP contribution in [0.3, 0.4) is 0 Å². The zero-order chi connectivity index (χ0) is 14.8. The van der Waals surface area contributed by atoms with Crippen molar-refractivity contribution in [3.8, 4) is 0 Å². The minimum Gasteiger partial charge on any atom is -0.476 e. The van der Waals surface area contributed by atoms with E-state index in [2.05, 4.69) is 11.1 Å². The van der Waals surface area contributed by atoms with Crippen molar-refractivity contribution in [2.45, 2.75) is 19.4 Å². The van der Waals surface area contributed by atoms with Gasteiger partial charge in [-0.05, 0) is 24.0 Å². The van der Waals surface area contributed by atoms with Crippen LogP contribution in [-0.4, -0.2) is 33.4 Å². The second-order valence-corrected chi connectivity index (χ2v) is 5.80. The lowest BCUT2D eigenvalue weighted by Gasteiger charge is -2.19. The van der Waals surface area contributed by atoms with Crippen molar-refractivity contribution < 1.29 is 14.7 Å². The van der Waals surface area contributed by atoms with E-state index >= 15 is 0 Å². The molecule has 0 bridgehead atoms. The van der Waals surface area contributed by atoms with E-state index < -0.39 is 5.97 Å². The second-order valence-electron chi connectivity index (χ2n) is 4.94. The highest BCUT2D eigenvalue weighted by atomic mass is 32.1. The van der Waals surface area contributed by atoms with Crippen LogP contribution in [0.2, 0.25) is 0 Å². The maximum Gasteiger partial charge on any atom is 0.355 e. The highest BCUT2D eigenvalue weighted by molar-refractivity contribution is 7.11. The van der Waals surface area contributed by atoms with Crippen LogP contribution >= 0.6 is 11.3 Å². The van der Waals surface area contributed by atoms with E-state index in [4.69, 9.17) is 5.11 Å². The van der Waals surface area contributed by atoms with Crippen LogP contribution < -0.4 is 0 Å². The predicted molar refractivity (Wildman–Crippen MR) is 78.6 cm³/mol. The highest BCUT2D eigenvalue weighted by Crippen LogP contribution is 2.21. The van der Waals surface area contributed by atoms with Gasteiger partial charge in [0, 0.05) is 18.5 Å². The number of nitrogens with zero attached hydrogens (tertiary/aromatic N) is 2. The molecule has 6 heteroatoms. The van der Waals surface area contributed by atoms with Gasteiger partial charge in [0.1, 0.15) is 0 Å². The first-order valence-electron chi connectivity index (χ1n) is 6.70. The van der Waals surface area contributed by atoms with Crippen molar-refractivity contribution in [2.24, 2.45) is 0 Å². The topological polar surface area (TPSA) is 70.5 Å². The van der Waals surface area contributed by atoms with Gasteiger partial charge < -0.3 is 10.0 Å². The molecule has 0 saturated carbocycles. The summed E-state index contributed by atoms with van der Waals surface area (Å²) >= 11 is 1.08. The second kappa shape index (κ2) is 5.65. The number of fused-ring (bicyclic) bond motifs is 1. The fraction of sp³-hybridized carbons (Fsp3) is 0.267. The summed E-state index contributed by atoms with van der Waals surface area (Å²) in [4.78, 5) is 29.0. The first kappa shape index (κ1) is 13.8. The Bertz CT molecular complexity index is 696. The molecule has 1 amide bonds. The van der Waals surface area contributed by atoms with Gasteiger partial charge in [0.25, 0.3) is 5.91 Å². The van der Waals surface area contributed by atoms with E-state index in [9.17, 15) is 9.59 Å². The summed E-state index contributed by atoms with van der Waals surface area (Å²) in [5.41, 5.74) is 2.36. The zero-order valence-electron chi connectivity index (χ0n) is 11.3. The lowest BCUT2D eigenvalue weighted by atomic mass is 10.0. The van der Waals surface area contributed by atoms with E-state index in [-0.39, 0.29) is 16.6 Å². The van der Waals surface area contributed by atoms with Crippen LogP contribution in [0.15, 0.2) is 29.6 Å². The molecule has 0 radical (unpaired) electrons. The molecule has 1 aliphatic rings. The molecule has 1 aromatic heterocycles. The SMILES string of the molecule is O=C(O)c1csc(C(=O)N2CCCc3ccccc3C2)n1. The van der Waals surface area contributed by atoms with Gasteiger partial charge in [0.2, 0.25) is 0 Å². The van der Waals surface area contributed by atoms with Gasteiger partial charge in [-0.3, -0.25) is 4.79 Å². The number of benzene rings is 1. The Labute approximate surface area is 125 Å². The molecule has 0 spiro atoms. The fourth-order valence-electron chi connectivity index (χ4n) is 2.48. The number of carboxylic acids is 1. The summed E-state index contributed by atoms with van der Waals surface area (Å²) < 4.78 is 0. The van der Waals surface area contributed by atoms with Gasteiger partial charge in [0.15, 0.2) is 10.7 Å². The molecule has 2 aromatic rings. The van der Waals surface area contributed by atoms with E-state index in [1.165, 1.54) is 10.9 Å². The molecular weight excluding hydrogens is 288 g/mol. The Morgan fingerprint density at radius 1 is 1.24 bits per heavy atom. The predicted octanol–water partition coefficient (Wildman–Crippen LogP) is 2.43. The van der Waals surface area contributed by atoms with Crippen LogP contribution in [-0.2, 0) is 13.0 Å². The van der Waals surface area contributed by atoms with Crippen molar-refractivity contribution in [3.63, 3.8) is 0 Å². The molecule has 0 fully saturated rings. The van der Waals surface area contributed by atoms with E-state index in [1.54, 1.807) is 4.90 Å². The molecule has 21 heavy (non-hydrogen) atoms. The van der Waals surface area contributed by atoms with Gasteiger partial charge in [-0.2, -0.15) is 0 Å². The van der Waals surface area contributed by atoms with Gasteiger partial charge in [-0.25, -0.2) is 9.78 Å². The molecule has 0 unspecified atom stereocenters. The van der Waals surface area contributed by atoms with E-state index in [0.29, 0.717) is 13.1 Å². The number of aryl methyl sites for hydroxylation is 1. The quantitative estimate of drug-likeness (QED) is 0.925. The molecule has 1 N–H and O–H groups in total. The number of hydrogen-bond acceptors (Lipinski definition) is 4. The van der Waals surface area contributed by atoms with Crippen molar-refractivity contribution in [3.05, 3.63) is 51.5 Å². The number of thiazole rings is 1. The fourth-order valence-corrected chi connectivity index (χ4v) is 3.24. The number of carbonyl (C=O) groups is 2. The van der Waals surface area contributed by atoms with Crippen LogP contribution in [0.1, 0.15) is 37.8 Å². The average molecular weight is 302 g/mol. The third kappa shape index (κ3) is 2.80. The molecule has 2 heterocycles. The Hall–Kier alpha value is -2.21. The first-order valence-corrected chi connectivity index (χ1v) is 7.58. The number of aromatic carboxylic acids is 1. The number of hydrogen-bond donors (Lipinski definition) is 1. The zero-order valence-corrected chi connectivity index (χ0v) is 12.1. The normalized spacial score (nSPS) is 14.4. The number of carbonyl (C=O) groups excluding carboxylic acids is 1. The summed E-state index contributed by atoms with van der Waals surface area (Å²) in [5.74, 6) is -1.30. The third-order valence-electron chi connectivity index (χ3n) is 3.55. The number of aromatic nitrogens is 1. The largest absolute Gasteiger partial charge is 0.476 e. The maximum absolute atomic E-state index is 12.5. The van der Waals surface area contributed by atoms with Gasteiger partial charge in [-0.15, -0.1) is 11.3 Å². The van der Waals surface area contributed by atoms with Crippen molar-refractivity contribution in [1.82, 2.24) is 9.88 Å². The van der Waals surface area contributed by atoms with Gasteiger partial charge in [-0.1, -0.05) is 24.3 Å². The van der Waals surface area contributed by atoms with Crippen LogP contribution in [0.4, 0.5) is 0 Å². The molecule has 0 saturated heterocycles. The monoisotopic (exact) mass is 302 g/mol. The first-order chi connectivity index (χ1) is 10.1. The van der Waals surface area contributed by atoms with Crippen LogP contribution in [0, 0.1) is 0 Å². The third-order valence-corrected chi connectivity index (χ3v) is 4.38. The molecular formula is C15H14N2O3S. The Balaban J connectivity index is 1.83. The molecule has 5 nitrogen and oxygen atoms in total. The molecule has 108 valence electrons. The van der Waals surface area contributed by atoms with Crippen molar-refractivity contribution >= 4 is 23.2 Å². The highest BCUT2D eigenvalue weighted by Gasteiger charge is 2.23. The van der Waals surface area contributed by atoms with Gasteiger partial charge in [0.05, 0.1) is 0 Å². The smallest absolute Gasteiger partial charge is 0.355 e. The maximum atomic E-state index is 12.5. The van der Waals surface area contributed by atoms with Crippen molar-refractivity contribution in [2.75, 3.05) is 6.54 Å².